The third-order valence-corrected chi connectivity index (χ3v) is 2.92. The predicted molar refractivity (Wildman–Crippen MR) is 58.0 cm³/mol. The molecule has 1 saturated heterocycles. The van der Waals surface area contributed by atoms with Crippen molar-refractivity contribution >= 4 is 0 Å². The van der Waals surface area contributed by atoms with Gasteiger partial charge in [0.2, 0.25) is 0 Å². The number of hydrogen-bond donors (Lipinski definition) is 1. The van der Waals surface area contributed by atoms with E-state index in [1.807, 2.05) is 0 Å². The summed E-state index contributed by atoms with van der Waals surface area (Å²) in [5.41, 5.74) is 0. The number of nitrogens with zero attached hydrogens (tertiary/aromatic N) is 1. The zero-order chi connectivity index (χ0) is 9.52. The fraction of sp³-hybridized carbons (Fsp3) is 1.00. The van der Waals surface area contributed by atoms with Crippen LogP contribution in [0.3, 0.4) is 0 Å². The Morgan fingerprint density at radius 1 is 1.38 bits per heavy atom. The molecule has 78 valence electrons. The molecule has 1 aliphatic heterocycles. The van der Waals surface area contributed by atoms with Crippen LogP contribution in [-0.4, -0.2) is 37.6 Å². The maximum absolute atomic E-state index is 3.54. The van der Waals surface area contributed by atoms with E-state index in [-0.39, 0.29) is 0 Å². The number of hydrogen-bond acceptors (Lipinski definition) is 2. The molecule has 1 N–H and O–H groups in total. The van der Waals surface area contributed by atoms with E-state index in [1.165, 1.54) is 51.7 Å². The van der Waals surface area contributed by atoms with Crippen molar-refractivity contribution in [1.82, 2.24) is 10.2 Å². The van der Waals surface area contributed by atoms with E-state index in [9.17, 15) is 0 Å². The zero-order valence-electron chi connectivity index (χ0n) is 9.18. The molecule has 1 atom stereocenters. The molecule has 0 aromatic carbocycles. The Balaban J connectivity index is 1.97. The molecule has 2 nitrogen and oxygen atoms in total. The first-order valence-corrected chi connectivity index (χ1v) is 5.75. The van der Waals surface area contributed by atoms with Gasteiger partial charge < -0.3 is 10.2 Å². The standard InChI is InChI=1S/C11H24N2/c1-3-4-9-13(2)10-7-11-6-5-8-12-11/h11-12H,3-10H2,1-2H3. The van der Waals surface area contributed by atoms with Crippen LogP contribution in [0, 0.1) is 0 Å². The summed E-state index contributed by atoms with van der Waals surface area (Å²) >= 11 is 0. The SMILES string of the molecule is CCCCN(C)CCC1CCCN1. The summed E-state index contributed by atoms with van der Waals surface area (Å²) in [5, 5.41) is 3.54. The van der Waals surface area contributed by atoms with E-state index in [0.29, 0.717) is 0 Å². The molecule has 2 heteroatoms. The molecule has 0 amide bonds. The van der Waals surface area contributed by atoms with Crippen molar-refractivity contribution in [2.24, 2.45) is 0 Å². The average molecular weight is 184 g/mol. The largest absolute Gasteiger partial charge is 0.314 e. The lowest BCUT2D eigenvalue weighted by Gasteiger charge is -2.18. The molecule has 0 bridgehead atoms. The Morgan fingerprint density at radius 3 is 2.85 bits per heavy atom. The van der Waals surface area contributed by atoms with E-state index in [2.05, 4.69) is 24.2 Å². The van der Waals surface area contributed by atoms with Gasteiger partial charge in [0.1, 0.15) is 0 Å². The summed E-state index contributed by atoms with van der Waals surface area (Å²) in [6.45, 7) is 6.02. The highest BCUT2D eigenvalue weighted by Crippen LogP contribution is 2.08. The highest BCUT2D eigenvalue weighted by Gasteiger charge is 2.13. The summed E-state index contributed by atoms with van der Waals surface area (Å²) in [7, 11) is 2.24. The molecule has 1 unspecified atom stereocenters. The summed E-state index contributed by atoms with van der Waals surface area (Å²) in [6, 6.07) is 0.809. The Bertz CT molecular complexity index is 119. The zero-order valence-corrected chi connectivity index (χ0v) is 9.18. The van der Waals surface area contributed by atoms with Gasteiger partial charge in [-0.3, -0.25) is 0 Å². The Kier molecular flexibility index (Phi) is 5.40. The molecule has 13 heavy (non-hydrogen) atoms. The van der Waals surface area contributed by atoms with Gasteiger partial charge in [0.05, 0.1) is 0 Å². The molecule has 0 spiro atoms. The minimum absolute atomic E-state index is 0.809. The van der Waals surface area contributed by atoms with E-state index < -0.39 is 0 Å². The first-order chi connectivity index (χ1) is 6.33. The van der Waals surface area contributed by atoms with Crippen molar-refractivity contribution in [3.8, 4) is 0 Å². The van der Waals surface area contributed by atoms with Gasteiger partial charge >= 0.3 is 0 Å². The van der Waals surface area contributed by atoms with Gasteiger partial charge in [-0.2, -0.15) is 0 Å². The summed E-state index contributed by atoms with van der Waals surface area (Å²) in [4.78, 5) is 2.46. The van der Waals surface area contributed by atoms with Crippen molar-refractivity contribution in [3.05, 3.63) is 0 Å². The van der Waals surface area contributed by atoms with Crippen LogP contribution in [0.4, 0.5) is 0 Å². The second kappa shape index (κ2) is 6.39. The maximum Gasteiger partial charge on any atom is 0.00797 e. The molecular formula is C11H24N2. The highest BCUT2D eigenvalue weighted by molar-refractivity contribution is 4.74. The second-order valence-corrected chi connectivity index (χ2v) is 4.24. The van der Waals surface area contributed by atoms with Crippen LogP contribution in [0.5, 0.6) is 0 Å². The third kappa shape index (κ3) is 4.63. The quantitative estimate of drug-likeness (QED) is 0.678. The highest BCUT2D eigenvalue weighted by atomic mass is 15.1. The topological polar surface area (TPSA) is 15.3 Å². The normalized spacial score (nSPS) is 22.8. The summed E-state index contributed by atoms with van der Waals surface area (Å²) in [6.07, 6.45) is 6.76. The first-order valence-electron chi connectivity index (χ1n) is 5.75. The fourth-order valence-corrected chi connectivity index (χ4v) is 1.92. The molecule has 1 fully saturated rings. The van der Waals surface area contributed by atoms with Gasteiger partial charge in [-0.05, 0) is 52.4 Å². The molecule has 0 aromatic rings. The van der Waals surface area contributed by atoms with Crippen LogP contribution < -0.4 is 5.32 Å². The van der Waals surface area contributed by atoms with Crippen molar-refractivity contribution in [2.75, 3.05) is 26.7 Å². The Labute approximate surface area is 82.7 Å². The molecule has 0 aromatic heterocycles. The van der Waals surface area contributed by atoms with Gasteiger partial charge in [-0.25, -0.2) is 0 Å². The van der Waals surface area contributed by atoms with E-state index >= 15 is 0 Å². The van der Waals surface area contributed by atoms with Crippen LogP contribution >= 0.6 is 0 Å². The van der Waals surface area contributed by atoms with Crippen molar-refractivity contribution < 1.29 is 0 Å². The predicted octanol–water partition coefficient (Wildman–Crippen LogP) is 1.86. The van der Waals surface area contributed by atoms with Gasteiger partial charge in [0.25, 0.3) is 0 Å². The fourth-order valence-electron chi connectivity index (χ4n) is 1.92. The smallest absolute Gasteiger partial charge is 0.00797 e. The van der Waals surface area contributed by atoms with Crippen molar-refractivity contribution in [2.45, 2.75) is 45.1 Å². The summed E-state index contributed by atoms with van der Waals surface area (Å²) < 4.78 is 0. The van der Waals surface area contributed by atoms with Crippen LogP contribution in [-0.2, 0) is 0 Å². The van der Waals surface area contributed by atoms with Gasteiger partial charge in [0.15, 0.2) is 0 Å². The molecule has 1 aliphatic rings. The molecule has 0 saturated carbocycles. The van der Waals surface area contributed by atoms with Crippen LogP contribution in [0.15, 0.2) is 0 Å². The average Bonchev–Trinajstić information content (AvgIpc) is 2.64. The van der Waals surface area contributed by atoms with Crippen molar-refractivity contribution in [1.29, 1.82) is 0 Å². The van der Waals surface area contributed by atoms with Crippen molar-refractivity contribution in [3.63, 3.8) is 0 Å². The summed E-state index contributed by atoms with van der Waals surface area (Å²) in [5.74, 6) is 0. The number of nitrogens with one attached hydrogen (secondary N) is 1. The molecule has 1 heterocycles. The lowest BCUT2D eigenvalue weighted by molar-refractivity contribution is 0.308. The maximum atomic E-state index is 3.54. The molecule has 0 radical (unpaired) electrons. The first kappa shape index (κ1) is 11.0. The van der Waals surface area contributed by atoms with E-state index in [4.69, 9.17) is 0 Å². The monoisotopic (exact) mass is 184 g/mol. The number of rotatable bonds is 6. The van der Waals surface area contributed by atoms with E-state index in [1.54, 1.807) is 0 Å². The number of unbranched alkanes of at least 4 members (excludes halogenated alkanes) is 1. The molecule has 1 rings (SSSR count). The van der Waals surface area contributed by atoms with Gasteiger partial charge in [0, 0.05) is 6.04 Å². The third-order valence-electron chi connectivity index (χ3n) is 2.92. The lowest BCUT2D eigenvalue weighted by atomic mass is 10.1. The Hall–Kier alpha value is -0.0800. The van der Waals surface area contributed by atoms with Crippen LogP contribution in [0.1, 0.15) is 39.0 Å². The van der Waals surface area contributed by atoms with Crippen LogP contribution in [0.25, 0.3) is 0 Å². The molecular weight excluding hydrogens is 160 g/mol. The minimum atomic E-state index is 0.809. The lowest BCUT2D eigenvalue weighted by Crippen LogP contribution is -2.28. The Morgan fingerprint density at radius 2 is 2.23 bits per heavy atom. The van der Waals surface area contributed by atoms with E-state index in [0.717, 1.165) is 6.04 Å². The molecule has 0 aliphatic carbocycles. The van der Waals surface area contributed by atoms with Crippen LogP contribution in [0.2, 0.25) is 0 Å². The van der Waals surface area contributed by atoms with Gasteiger partial charge in [-0.1, -0.05) is 13.3 Å². The van der Waals surface area contributed by atoms with Gasteiger partial charge in [-0.15, -0.1) is 0 Å². The second-order valence-electron chi connectivity index (χ2n) is 4.24. The minimum Gasteiger partial charge on any atom is -0.314 e.